The first-order valence-electron chi connectivity index (χ1n) is 16.8. The van der Waals surface area contributed by atoms with Gasteiger partial charge in [0.2, 0.25) is 5.91 Å². The molecule has 0 radical (unpaired) electrons. The molecule has 2 aromatic carbocycles. The Labute approximate surface area is 290 Å². The number of ether oxygens (including phenoxy) is 3. The predicted octanol–water partition coefficient (Wildman–Crippen LogP) is 4.15. The lowest BCUT2D eigenvalue weighted by atomic mass is 9.92. The molecule has 2 atom stereocenters. The summed E-state index contributed by atoms with van der Waals surface area (Å²) >= 11 is 0. The van der Waals surface area contributed by atoms with E-state index < -0.39 is 46.6 Å². The van der Waals surface area contributed by atoms with Crippen molar-refractivity contribution in [1.29, 1.82) is 0 Å². The number of carbonyl (C=O) groups excluding carboxylic acids is 4. The maximum absolute atomic E-state index is 13.9. The Morgan fingerprint density at radius 2 is 1.37 bits per heavy atom. The molecule has 270 valence electrons. The Balaban J connectivity index is 2.04. The van der Waals surface area contributed by atoms with Crippen LogP contribution in [0, 0.1) is 10.8 Å². The fraction of sp³-hybridized carbons (Fsp3) is 0.568. The first-order valence-corrected chi connectivity index (χ1v) is 16.8. The van der Waals surface area contributed by atoms with Crippen LogP contribution in [0.25, 0.3) is 0 Å². The highest BCUT2D eigenvalue weighted by molar-refractivity contribution is 5.89. The smallest absolute Gasteiger partial charge is 0.316 e. The summed E-state index contributed by atoms with van der Waals surface area (Å²) in [6.45, 7) is 15.2. The number of esters is 2. The van der Waals surface area contributed by atoms with Crippen molar-refractivity contribution < 1.29 is 38.5 Å². The SMILES string of the molecule is CCN(C)C(c1cc(OC(=O)C(C)(C)C)cc(OC(=O)C(C)(C)C)c1)(C(O)NC(=O)[C@H]1CCCN1C(=O)COc1ccccc1)N(C)CC. The van der Waals surface area contributed by atoms with Gasteiger partial charge in [0.05, 0.1) is 10.8 Å². The highest BCUT2D eigenvalue weighted by atomic mass is 16.5. The molecule has 0 bridgehead atoms. The zero-order valence-electron chi connectivity index (χ0n) is 30.7. The summed E-state index contributed by atoms with van der Waals surface area (Å²) in [6, 6.07) is 12.8. The molecule has 1 aliphatic rings. The fourth-order valence-electron chi connectivity index (χ4n) is 5.63. The number of hydrogen-bond donors (Lipinski definition) is 2. The molecule has 0 saturated carbocycles. The highest BCUT2D eigenvalue weighted by Gasteiger charge is 2.49. The van der Waals surface area contributed by atoms with E-state index in [0.29, 0.717) is 43.8 Å². The third-order valence-electron chi connectivity index (χ3n) is 8.70. The van der Waals surface area contributed by atoms with Crippen molar-refractivity contribution in [2.24, 2.45) is 10.8 Å². The molecule has 0 aliphatic carbocycles. The van der Waals surface area contributed by atoms with Crippen molar-refractivity contribution >= 4 is 23.8 Å². The maximum Gasteiger partial charge on any atom is 0.316 e. The van der Waals surface area contributed by atoms with Crippen LogP contribution in [0.3, 0.4) is 0 Å². The van der Waals surface area contributed by atoms with E-state index in [-0.39, 0.29) is 24.0 Å². The Bertz CT molecular complexity index is 1410. The first kappa shape index (κ1) is 39.4. The predicted molar refractivity (Wildman–Crippen MR) is 186 cm³/mol. The third kappa shape index (κ3) is 9.37. The number of aliphatic hydroxyl groups excluding tert-OH is 1. The molecule has 2 N–H and O–H groups in total. The first-order chi connectivity index (χ1) is 22.9. The normalized spacial score (nSPS) is 16.0. The van der Waals surface area contributed by atoms with Gasteiger partial charge in [-0.1, -0.05) is 32.0 Å². The Hall–Kier alpha value is -4.00. The summed E-state index contributed by atoms with van der Waals surface area (Å²) in [5.74, 6) is -1.11. The Kier molecular flexibility index (Phi) is 13.0. The summed E-state index contributed by atoms with van der Waals surface area (Å²) in [5, 5.41) is 15.0. The number of likely N-dealkylation sites (N-methyl/N-ethyl adjacent to an activating group) is 2. The van der Waals surface area contributed by atoms with Crippen LogP contribution in [-0.2, 0) is 24.8 Å². The van der Waals surface area contributed by atoms with E-state index in [1.54, 1.807) is 79.9 Å². The molecular weight excluding hydrogens is 628 g/mol. The van der Waals surface area contributed by atoms with Crippen molar-refractivity contribution in [1.82, 2.24) is 20.0 Å². The van der Waals surface area contributed by atoms with Crippen LogP contribution in [0.2, 0.25) is 0 Å². The van der Waals surface area contributed by atoms with Gasteiger partial charge < -0.3 is 29.5 Å². The molecule has 2 amide bonds. The maximum atomic E-state index is 13.9. The summed E-state index contributed by atoms with van der Waals surface area (Å²) in [6.07, 6.45) is -0.530. The summed E-state index contributed by atoms with van der Waals surface area (Å²) in [5.41, 5.74) is -2.71. The van der Waals surface area contributed by atoms with Crippen molar-refractivity contribution in [3.8, 4) is 17.2 Å². The number of para-hydroxylation sites is 1. The molecule has 0 aromatic heterocycles. The zero-order chi connectivity index (χ0) is 36.7. The number of hydrogen-bond acceptors (Lipinski definition) is 10. The lowest BCUT2D eigenvalue weighted by Crippen LogP contribution is -2.67. The monoisotopic (exact) mass is 682 g/mol. The molecule has 1 saturated heterocycles. The van der Waals surface area contributed by atoms with Crippen LogP contribution in [-0.4, -0.2) is 96.2 Å². The molecule has 2 aromatic rings. The van der Waals surface area contributed by atoms with Crippen molar-refractivity contribution in [3.05, 3.63) is 54.1 Å². The molecule has 49 heavy (non-hydrogen) atoms. The fourth-order valence-corrected chi connectivity index (χ4v) is 5.63. The second kappa shape index (κ2) is 16.1. The van der Waals surface area contributed by atoms with Crippen LogP contribution < -0.4 is 19.5 Å². The number of nitrogens with one attached hydrogen (secondary N) is 1. The van der Waals surface area contributed by atoms with E-state index >= 15 is 0 Å². The van der Waals surface area contributed by atoms with Gasteiger partial charge in [0, 0.05) is 12.6 Å². The van der Waals surface area contributed by atoms with E-state index in [1.807, 2.05) is 41.8 Å². The molecular formula is C37H54N4O8. The summed E-state index contributed by atoms with van der Waals surface area (Å²) in [4.78, 5) is 58.3. The van der Waals surface area contributed by atoms with Crippen molar-refractivity contribution in [2.75, 3.05) is 40.3 Å². The number of rotatable bonds is 13. The van der Waals surface area contributed by atoms with E-state index in [1.165, 1.54) is 11.0 Å². The lowest BCUT2D eigenvalue weighted by molar-refractivity contribution is -0.154. The number of benzene rings is 2. The second-order valence-corrected chi connectivity index (χ2v) is 14.5. The topological polar surface area (TPSA) is 138 Å². The van der Waals surface area contributed by atoms with E-state index in [4.69, 9.17) is 14.2 Å². The third-order valence-corrected chi connectivity index (χ3v) is 8.70. The number of likely N-dealkylation sites (tertiary alicyclic amines) is 1. The highest BCUT2D eigenvalue weighted by Crippen LogP contribution is 2.39. The van der Waals surface area contributed by atoms with Crippen LogP contribution in [0.15, 0.2) is 48.5 Å². The van der Waals surface area contributed by atoms with Crippen LogP contribution >= 0.6 is 0 Å². The van der Waals surface area contributed by atoms with Gasteiger partial charge in [0.25, 0.3) is 5.91 Å². The van der Waals surface area contributed by atoms with E-state index in [0.717, 1.165) is 0 Å². The van der Waals surface area contributed by atoms with Gasteiger partial charge >= 0.3 is 11.9 Å². The molecule has 12 nitrogen and oxygen atoms in total. The van der Waals surface area contributed by atoms with Crippen molar-refractivity contribution in [3.63, 3.8) is 0 Å². The molecule has 1 heterocycles. The number of nitrogens with zero attached hydrogens (tertiary/aromatic N) is 3. The minimum atomic E-state index is -1.56. The molecule has 1 fully saturated rings. The quantitative estimate of drug-likeness (QED) is 0.180. The van der Waals surface area contributed by atoms with Gasteiger partial charge in [-0.3, -0.25) is 29.0 Å². The van der Waals surface area contributed by atoms with Crippen molar-refractivity contribution in [2.45, 2.75) is 86.2 Å². The average Bonchev–Trinajstić information content (AvgIpc) is 3.54. The van der Waals surface area contributed by atoms with Gasteiger partial charge in [-0.2, -0.15) is 0 Å². The molecule has 1 unspecified atom stereocenters. The van der Waals surface area contributed by atoms with Gasteiger partial charge in [0.15, 0.2) is 12.8 Å². The second-order valence-electron chi connectivity index (χ2n) is 14.5. The van der Waals surface area contributed by atoms with E-state index in [9.17, 15) is 24.3 Å². The number of carbonyl (C=O) groups is 4. The Morgan fingerprint density at radius 1 is 0.857 bits per heavy atom. The standard InChI is InChI=1S/C37H54N4O8/c1-11-39(9)37(40(10)12-2,25-21-27(48-33(45)35(3,4)5)23-28(22-25)49-34(46)36(6,7)8)32(44)38-31(43)29-19-16-20-41(29)30(42)24-47-26-17-14-13-15-18-26/h13-15,17-18,21-23,29,32,44H,11-12,16,19-20,24H2,1-10H3,(H,38,43)/t29-,32?/m1/s1. The van der Waals surface area contributed by atoms with Crippen LogP contribution in [0.4, 0.5) is 0 Å². The van der Waals surface area contributed by atoms with Gasteiger partial charge in [0.1, 0.15) is 29.0 Å². The zero-order valence-corrected chi connectivity index (χ0v) is 30.7. The summed E-state index contributed by atoms with van der Waals surface area (Å²) in [7, 11) is 3.59. The largest absolute Gasteiger partial charge is 0.484 e. The number of aliphatic hydroxyl groups is 1. The summed E-state index contributed by atoms with van der Waals surface area (Å²) < 4.78 is 17.2. The van der Waals surface area contributed by atoms with Crippen LogP contribution in [0.5, 0.6) is 17.2 Å². The minimum absolute atomic E-state index is 0.108. The van der Waals surface area contributed by atoms with Crippen LogP contribution in [0.1, 0.15) is 73.8 Å². The van der Waals surface area contributed by atoms with Gasteiger partial charge in [-0.15, -0.1) is 0 Å². The Morgan fingerprint density at radius 3 is 1.84 bits per heavy atom. The molecule has 12 heteroatoms. The van der Waals surface area contributed by atoms with E-state index in [2.05, 4.69) is 5.32 Å². The molecule has 3 rings (SSSR count). The molecule has 1 aliphatic heterocycles. The average molecular weight is 683 g/mol. The van der Waals surface area contributed by atoms with Gasteiger partial charge in [-0.05, 0) is 111 Å². The molecule has 0 spiro atoms. The van der Waals surface area contributed by atoms with Gasteiger partial charge in [-0.25, -0.2) is 0 Å². The lowest BCUT2D eigenvalue weighted by Gasteiger charge is -2.51. The minimum Gasteiger partial charge on any atom is -0.484 e. The number of amides is 2.